The van der Waals surface area contributed by atoms with Crippen LogP contribution in [-0.2, 0) is 9.53 Å². The predicted molar refractivity (Wildman–Crippen MR) is 46.8 cm³/mol. The average molecular weight is 182 g/mol. The van der Waals surface area contributed by atoms with Crippen molar-refractivity contribution >= 4 is 5.91 Å². The number of ether oxygens (including phenoxy) is 1. The molecule has 1 fully saturated rings. The second-order valence-electron chi connectivity index (χ2n) is 3.42. The van der Waals surface area contributed by atoms with Crippen molar-refractivity contribution in [2.24, 2.45) is 5.92 Å². The minimum Gasteiger partial charge on any atom is -0.379 e. The summed E-state index contributed by atoms with van der Waals surface area (Å²) in [5, 5.41) is 8.37. The fraction of sp³-hybridized carbons (Fsp3) is 0.778. The maximum atomic E-state index is 11.3. The van der Waals surface area contributed by atoms with Crippen LogP contribution < -0.4 is 0 Å². The fourth-order valence-electron chi connectivity index (χ4n) is 1.52. The Morgan fingerprint density at radius 3 is 2.85 bits per heavy atom. The van der Waals surface area contributed by atoms with Crippen molar-refractivity contribution in [1.82, 2.24) is 4.90 Å². The van der Waals surface area contributed by atoms with Gasteiger partial charge in [-0.2, -0.15) is 5.26 Å². The van der Waals surface area contributed by atoms with E-state index in [0.29, 0.717) is 19.1 Å². The van der Waals surface area contributed by atoms with Crippen molar-refractivity contribution in [3.63, 3.8) is 0 Å². The number of hydrogen-bond acceptors (Lipinski definition) is 3. The molecule has 0 aromatic heterocycles. The second kappa shape index (κ2) is 4.24. The van der Waals surface area contributed by atoms with E-state index in [1.165, 1.54) is 0 Å². The summed E-state index contributed by atoms with van der Waals surface area (Å²) >= 11 is 0. The number of carbonyl (C=O) groups is 1. The number of rotatable bonds is 2. The number of nitriles is 1. The highest BCUT2D eigenvalue weighted by Gasteiger charge is 2.30. The first-order valence-electron chi connectivity index (χ1n) is 4.37. The Morgan fingerprint density at radius 1 is 1.69 bits per heavy atom. The van der Waals surface area contributed by atoms with E-state index in [2.05, 4.69) is 0 Å². The average Bonchev–Trinajstić information content (AvgIpc) is 2.50. The largest absolute Gasteiger partial charge is 0.379 e. The molecule has 0 aromatic rings. The molecule has 13 heavy (non-hydrogen) atoms. The zero-order valence-corrected chi connectivity index (χ0v) is 7.99. The fourth-order valence-corrected chi connectivity index (χ4v) is 1.52. The SMILES string of the molecule is CC1COCC1N(C)C(=O)CC#N. The van der Waals surface area contributed by atoms with Gasteiger partial charge in [-0.05, 0) is 0 Å². The van der Waals surface area contributed by atoms with Crippen LogP contribution in [0.25, 0.3) is 0 Å². The second-order valence-corrected chi connectivity index (χ2v) is 3.42. The van der Waals surface area contributed by atoms with Gasteiger partial charge in [0.15, 0.2) is 0 Å². The van der Waals surface area contributed by atoms with Crippen molar-refractivity contribution < 1.29 is 9.53 Å². The van der Waals surface area contributed by atoms with Crippen LogP contribution in [-0.4, -0.2) is 37.1 Å². The summed E-state index contributed by atoms with van der Waals surface area (Å²) in [4.78, 5) is 12.9. The molecule has 0 aromatic carbocycles. The van der Waals surface area contributed by atoms with Crippen molar-refractivity contribution in [2.75, 3.05) is 20.3 Å². The number of amides is 1. The van der Waals surface area contributed by atoms with Crippen LogP contribution in [0.2, 0.25) is 0 Å². The predicted octanol–water partition coefficient (Wildman–Crippen LogP) is 0.393. The van der Waals surface area contributed by atoms with E-state index >= 15 is 0 Å². The van der Waals surface area contributed by atoms with Crippen molar-refractivity contribution in [3.05, 3.63) is 0 Å². The van der Waals surface area contributed by atoms with Crippen LogP contribution in [0.4, 0.5) is 0 Å². The standard InChI is InChI=1S/C9H14N2O2/c1-7-5-13-6-8(7)11(2)9(12)3-4-10/h7-8H,3,5-6H2,1-2H3. The Bertz CT molecular complexity index is 234. The molecule has 0 bridgehead atoms. The number of likely N-dealkylation sites (N-methyl/N-ethyl adjacent to an activating group) is 1. The molecule has 1 heterocycles. The number of carbonyl (C=O) groups excluding carboxylic acids is 1. The summed E-state index contributed by atoms with van der Waals surface area (Å²) in [5.41, 5.74) is 0. The van der Waals surface area contributed by atoms with Gasteiger partial charge in [-0.3, -0.25) is 4.79 Å². The molecule has 1 aliphatic rings. The van der Waals surface area contributed by atoms with Gasteiger partial charge >= 0.3 is 0 Å². The summed E-state index contributed by atoms with van der Waals surface area (Å²) < 4.78 is 5.24. The molecule has 0 radical (unpaired) electrons. The molecule has 1 rings (SSSR count). The van der Waals surface area contributed by atoms with Gasteiger partial charge in [0.25, 0.3) is 0 Å². The van der Waals surface area contributed by atoms with Gasteiger partial charge < -0.3 is 9.64 Å². The Balaban J connectivity index is 2.51. The molecule has 2 unspecified atom stereocenters. The Hall–Kier alpha value is -1.08. The summed E-state index contributed by atoms with van der Waals surface area (Å²) in [6, 6.07) is 1.99. The minimum absolute atomic E-state index is 0.0419. The maximum absolute atomic E-state index is 11.3. The highest BCUT2D eigenvalue weighted by molar-refractivity contribution is 5.78. The zero-order chi connectivity index (χ0) is 9.84. The van der Waals surface area contributed by atoms with E-state index in [1.54, 1.807) is 11.9 Å². The van der Waals surface area contributed by atoms with E-state index in [9.17, 15) is 4.79 Å². The van der Waals surface area contributed by atoms with Gasteiger partial charge in [0.05, 0.1) is 25.3 Å². The van der Waals surface area contributed by atoms with E-state index in [0.717, 1.165) is 0 Å². The van der Waals surface area contributed by atoms with E-state index < -0.39 is 0 Å². The van der Waals surface area contributed by atoms with Gasteiger partial charge in [0.2, 0.25) is 5.91 Å². The third-order valence-electron chi connectivity index (χ3n) is 2.45. The topological polar surface area (TPSA) is 53.3 Å². The third-order valence-corrected chi connectivity index (χ3v) is 2.45. The summed E-state index contributed by atoms with van der Waals surface area (Å²) in [6.45, 7) is 3.34. The van der Waals surface area contributed by atoms with E-state index in [4.69, 9.17) is 10.00 Å². The normalized spacial score (nSPS) is 26.8. The van der Waals surface area contributed by atoms with Crippen LogP contribution in [0.3, 0.4) is 0 Å². The molecular formula is C9H14N2O2. The lowest BCUT2D eigenvalue weighted by molar-refractivity contribution is -0.131. The van der Waals surface area contributed by atoms with Gasteiger partial charge in [-0.25, -0.2) is 0 Å². The first-order valence-corrected chi connectivity index (χ1v) is 4.37. The van der Waals surface area contributed by atoms with Crippen molar-refractivity contribution in [1.29, 1.82) is 5.26 Å². The first-order chi connectivity index (χ1) is 6.16. The molecule has 1 saturated heterocycles. The van der Waals surface area contributed by atoms with Crippen LogP contribution in [0.5, 0.6) is 0 Å². The molecule has 0 N–H and O–H groups in total. The van der Waals surface area contributed by atoms with Crippen molar-refractivity contribution in [2.45, 2.75) is 19.4 Å². The quantitative estimate of drug-likeness (QED) is 0.621. The molecule has 0 spiro atoms. The van der Waals surface area contributed by atoms with Gasteiger partial charge in [0.1, 0.15) is 6.42 Å². The highest BCUT2D eigenvalue weighted by atomic mass is 16.5. The number of nitrogens with zero attached hydrogens (tertiary/aromatic N) is 2. The highest BCUT2D eigenvalue weighted by Crippen LogP contribution is 2.18. The third kappa shape index (κ3) is 2.19. The smallest absolute Gasteiger partial charge is 0.236 e. The lowest BCUT2D eigenvalue weighted by atomic mass is 10.1. The molecule has 4 heteroatoms. The summed E-state index contributed by atoms with van der Waals surface area (Å²) in [5.74, 6) is 0.248. The molecule has 2 atom stereocenters. The molecule has 1 aliphatic heterocycles. The minimum atomic E-state index is -0.121. The monoisotopic (exact) mass is 182 g/mol. The van der Waals surface area contributed by atoms with Crippen LogP contribution in [0.15, 0.2) is 0 Å². The summed E-state index contributed by atoms with van der Waals surface area (Å²) in [6.07, 6.45) is -0.0419. The first kappa shape index (κ1) is 10.0. The Kier molecular flexibility index (Phi) is 3.26. The zero-order valence-electron chi connectivity index (χ0n) is 7.99. The lowest BCUT2D eigenvalue weighted by Crippen LogP contribution is -2.40. The van der Waals surface area contributed by atoms with Crippen LogP contribution in [0, 0.1) is 17.2 Å². The van der Waals surface area contributed by atoms with Gasteiger partial charge in [-0.15, -0.1) is 0 Å². The summed E-state index contributed by atoms with van der Waals surface area (Å²) in [7, 11) is 1.73. The molecule has 4 nitrogen and oxygen atoms in total. The Labute approximate surface area is 78.1 Å². The van der Waals surface area contributed by atoms with Gasteiger partial charge in [-0.1, -0.05) is 6.92 Å². The number of hydrogen-bond donors (Lipinski definition) is 0. The molecule has 0 aliphatic carbocycles. The Morgan fingerprint density at radius 2 is 2.38 bits per heavy atom. The molecule has 72 valence electrons. The van der Waals surface area contributed by atoms with Crippen LogP contribution in [0.1, 0.15) is 13.3 Å². The molecule has 1 amide bonds. The lowest BCUT2D eigenvalue weighted by Gasteiger charge is -2.25. The molecule has 0 saturated carbocycles. The van der Waals surface area contributed by atoms with Crippen molar-refractivity contribution in [3.8, 4) is 6.07 Å². The molecular weight excluding hydrogens is 168 g/mol. The van der Waals surface area contributed by atoms with Gasteiger partial charge in [0, 0.05) is 13.0 Å². The maximum Gasteiger partial charge on any atom is 0.236 e. The van der Waals surface area contributed by atoms with Crippen LogP contribution >= 0.6 is 0 Å². The van der Waals surface area contributed by atoms with E-state index in [-0.39, 0.29) is 18.4 Å². The van der Waals surface area contributed by atoms with E-state index in [1.807, 2.05) is 13.0 Å².